The van der Waals surface area contributed by atoms with E-state index in [0.717, 1.165) is 25.5 Å². The third-order valence-corrected chi connectivity index (χ3v) is 4.38. The minimum atomic E-state index is -3.08. The molecular weight excluding hydrogens is 288 g/mol. The number of guanidine groups is 1. The van der Waals surface area contributed by atoms with Crippen molar-refractivity contribution in [2.45, 2.75) is 52.9 Å². The lowest BCUT2D eigenvalue weighted by Gasteiger charge is -2.11. The summed E-state index contributed by atoms with van der Waals surface area (Å²) in [4.78, 5) is 4.44. The van der Waals surface area contributed by atoms with Crippen LogP contribution in [0, 0.1) is 0 Å². The van der Waals surface area contributed by atoms with E-state index in [9.17, 15) is 8.42 Å². The van der Waals surface area contributed by atoms with E-state index in [1.807, 2.05) is 6.92 Å². The molecule has 0 fully saturated rings. The van der Waals surface area contributed by atoms with Crippen LogP contribution in [0.15, 0.2) is 4.99 Å². The molecule has 0 rings (SSSR count). The maximum absolute atomic E-state index is 11.3. The van der Waals surface area contributed by atoms with Crippen molar-refractivity contribution in [2.24, 2.45) is 4.99 Å². The standard InChI is InChI=1S/C14H32N4O2S/c1-4-7-8-9-11-16-14(15-5-2)17-12-10-13-18-21(19,20)6-3/h18H,4-13H2,1-3H3,(H2,15,16,17). The van der Waals surface area contributed by atoms with E-state index in [0.29, 0.717) is 19.5 Å². The highest BCUT2D eigenvalue weighted by atomic mass is 32.2. The van der Waals surface area contributed by atoms with Gasteiger partial charge in [-0.2, -0.15) is 0 Å². The molecule has 0 spiro atoms. The van der Waals surface area contributed by atoms with Crippen molar-refractivity contribution in [3.8, 4) is 0 Å². The minimum absolute atomic E-state index is 0.123. The van der Waals surface area contributed by atoms with Crippen LogP contribution in [0.4, 0.5) is 0 Å². The van der Waals surface area contributed by atoms with Gasteiger partial charge in [0.05, 0.1) is 5.75 Å². The Balaban J connectivity index is 3.88. The molecule has 0 amide bonds. The summed E-state index contributed by atoms with van der Waals surface area (Å²) in [5.74, 6) is 0.936. The van der Waals surface area contributed by atoms with Crippen LogP contribution in [0.2, 0.25) is 0 Å². The molecule has 0 saturated carbocycles. The zero-order chi connectivity index (χ0) is 16.0. The second kappa shape index (κ2) is 12.9. The maximum atomic E-state index is 11.3. The quantitative estimate of drug-likeness (QED) is 0.289. The third-order valence-electron chi connectivity index (χ3n) is 2.97. The fourth-order valence-electron chi connectivity index (χ4n) is 1.70. The van der Waals surface area contributed by atoms with Gasteiger partial charge < -0.3 is 10.6 Å². The van der Waals surface area contributed by atoms with Crippen LogP contribution in [0.5, 0.6) is 0 Å². The molecule has 0 heterocycles. The second-order valence-electron chi connectivity index (χ2n) is 4.90. The fourth-order valence-corrected chi connectivity index (χ4v) is 2.36. The van der Waals surface area contributed by atoms with Crippen molar-refractivity contribution in [2.75, 3.05) is 31.9 Å². The highest BCUT2D eigenvalue weighted by Crippen LogP contribution is 1.96. The molecule has 0 aromatic heterocycles. The number of nitrogens with zero attached hydrogens (tertiary/aromatic N) is 1. The van der Waals surface area contributed by atoms with Gasteiger partial charge >= 0.3 is 0 Å². The van der Waals surface area contributed by atoms with Gasteiger partial charge in [0.25, 0.3) is 0 Å². The summed E-state index contributed by atoms with van der Waals surface area (Å²) < 4.78 is 25.1. The number of nitrogens with one attached hydrogen (secondary N) is 3. The number of unbranched alkanes of at least 4 members (excludes halogenated alkanes) is 3. The number of rotatable bonds is 12. The van der Waals surface area contributed by atoms with E-state index >= 15 is 0 Å². The van der Waals surface area contributed by atoms with Gasteiger partial charge in [-0.25, -0.2) is 13.1 Å². The molecule has 7 heteroatoms. The van der Waals surface area contributed by atoms with Gasteiger partial charge in [-0.3, -0.25) is 4.99 Å². The smallest absolute Gasteiger partial charge is 0.211 e. The lowest BCUT2D eigenvalue weighted by Crippen LogP contribution is -2.38. The Bertz CT molecular complexity index is 369. The highest BCUT2D eigenvalue weighted by molar-refractivity contribution is 7.89. The SMILES string of the molecule is CCCCCCNC(=NCCCNS(=O)(=O)CC)NCC. The summed E-state index contributed by atoms with van der Waals surface area (Å²) in [5.41, 5.74) is 0. The molecule has 6 nitrogen and oxygen atoms in total. The van der Waals surface area contributed by atoms with E-state index < -0.39 is 10.0 Å². The molecule has 0 atom stereocenters. The molecule has 0 aliphatic heterocycles. The highest BCUT2D eigenvalue weighted by Gasteiger charge is 2.04. The first kappa shape index (κ1) is 20.2. The monoisotopic (exact) mass is 320 g/mol. The van der Waals surface area contributed by atoms with Crippen LogP contribution in [0.1, 0.15) is 52.9 Å². The van der Waals surface area contributed by atoms with E-state index in [1.54, 1.807) is 6.92 Å². The van der Waals surface area contributed by atoms with E-state index in [1.165, 1.54) is 19.3 Å². The van der Waals surface area contributed by atoms with Gasteiger partial charge in [-0.15, -0.1) is 0 Å². The number of hydrogen-bond donors (Lipinski definition) is 3. The Kier molecular flexibility index (Phi) is 12.4. The molecule has 0 aliphatic rings. The van der Waals surface area contributed by atoms with Crippen molar-refractivity contribution in [3.05, 3.63) is 0 Å². The number of aliphatic imine (C=N–C) groups is 1. The lowest BCUT2D eigenvalue weighted by atomic mass is 10.2. The average Bonchev–Trinajstić information content (AvgIpc) is 2.46. The van der Waals surface area contributed by atoms with Crippen molar-refractivity contribution < 1.29 is 8.42 Å². The van der Waals surface area contributed by atoms with E-state index in [-0.39, 0.29) is 5.75 Å². The molecule has 0 aromatic carbocycles. The number of sulfonamides is 1. The topological polar surface area (TPSA) is 82.6 Å². The Labute approximate surface area is 130 Å². The molecular formula is C14H32N4O2S. The van der Waals surface area contributed by atoms with Crippen molar-refractivity contribution in [3.63, 3.8) is 0 Å². The molecule has 0 saturated heterocycles. The van der Waals surface area contributed by atoms with Crippen molar-refractivity contribution in [1.82, 2.24) is 15.4 Å². The average molecular weight is 321 g/mol. The minimum Gasteiger partial charge on any atom is -0.357 e. The summed E-state index contributed by atoms with van der Waals surface area (Å²) in [6, 6.07) is 0. The normalized spacial score (nSPS) is 12.4. The first-order chi connectivity index (χ1) is 10.1. The van der Waals surface area contributed by atoms with Crippen LogP contribution in [0.25, 0.3) is 0 Å². The summed E-state index contributed by atoms with van der Waals surface area (Å²) in [6.07, 6.45) is 5.59. The van der Waals surface area contributed by atoms with Crippen LogP contribution >= 0.6 is 0 Å². The Morgan fingerprint density at radius 1 is 0.952 bits per heavy atom. The van der Waals surface area contributed by atoms with Gasteiger partial charge in [-0.05, 0) is 26.7 Å². The molecule has 126 valence electrons. The maximum Gasteiger partial charge on any atom is 0.211 e. The van der Waals surface area contributed by atoms with Crippen LogP contribution in [-0.4, -0.2) is 46.3 Å². The molecule has 0 aliphatic carbocycles. The van der Waals surface area contributed by atoms with Crippen LogP contribution < -0.4 is 15.4 Å². The largest absolute Gasteiger partial charge is 0.357 e. The van der Waals surface area contributed by atoms with Gasteiger partial charge in [0.15, 0.2) is 5.96 Å². The Morgan fingerprint density at radius 3 is 2.33 bits per heavy atom. The molecule has 0 bridgehead atoms. The predicted octanol–water partition coefficient (Wildman–Crippen LogP) is 1.45. The van der Waals surface area contributed by atoms with Crippen LogP contribution in [0.3, 0.4) is 0 Å². The van der Waals surface area contributed by atoms with Gasteiger partial charge in [-0.1, -0.05) is 26.2 Å². The first-order valence-electron chi connectivity index (χ1n) is 8.05. The van der Waals surface area contributed by atoms with Crippen molar-refractivity contribution in [1.29, 1.82) is 0 Å². The van der Waals surface area contributed by atoms with Crippen LogP contribution in [-0.2, 0) is 10.0 Å². The molecule has 3 N–H and O–H groups in total. The lowest BCUT2D eigenvalue weighted by molar-refractivity contribution is 0.581. The van der Waals surface area contributed by atoms with Gasteiger partial charge in [0.1, 0.15) is 0 Å². The Hall–Kier alpha value is -0.820. The van der Waals surface area contributed by atoms with E-state index in [4.69, 9.17) is 0 Å². The van der Waals surface area contributed by atoms with Gasteiger partial charge in [0.2, 0.25) is 10.0 Å². The first-order valence-corrected chi connectivity index (χ1v) is 9.70. The summed E-state index contributed by atoms with van der Waals surface area (Å²) in [7, 11) is -3.08. The van der Waals surface area contributed by atoms with Crippen molar-refractivity contribution >= 4 is 16.0 Å². The zero-order valence-electron chi connectivity index (χ0n) is 13.7. The summed E-state index contributed by atoms with van der Waals surface area (Å²) >= 11 is 0. The number of hydrogen-bond acceptors (Lipinski definition) is 3. The Morgan fingerprint density at radius 2 is 1.71 bits per heavy atom. The summed E-state index contributed by atoms with van der Waals surface area (Å²) in [5, 5.41) is 6.49. The third kappa shape index (κ3) is 12.6. The van der Waals surface area contributed by atoms with E-state index in [2.05, 4.69) is 27.3 Å². The summed E-state index contributed by atoms with van der Waals surface area (Å²) in [6.45, 7) is 8.66. The molecule has 0 radical (unpaired) electrons. The fraction of sp³-hybridized carbons (Fsp3) is 0.929. The zero-order valence-corrected chi connectivity index (χ0v) is 14.6. The molecule has 0 aromatic rings. The predicted molar refractivity (Wildman–Crippen MR) is 90.2 cm³/mol. The molecule has 0 unspecified atom stereocenters. The van der Waals surface area contributed by atoms with Gasteiger partial charge in [0, 0.05) is 26.2 Å². The second-order valence-corrected chi connectivity index (χ2v) is 6.99. The molecule has 21 heavy (non-hydrogen) atoms.